The molecule has 0 spiro atoms. The molecule has 1 fully saturated rings. The third-order valence-electron chi connectivity index (χ3n) is 1.95. The van der Waals surface area contributed by atoms with E-state index >= 15 is 0 Å². The summed E-state index contributed by atoms with van der Waals surface area (Å²) >= 11 is 0. The normalized spacial score (nSPS) is 27.8. The fraction of sp³-hybridized carbons (Fsp3) is 0.667. The lowest BCUT2D eigenvalue weighted by molar-refractivity contribution is -0.138. The standard InChI is InChI=1S/C9H14O4/c1-6-3-7(9(11)13-6)4-8(5-10)12-2/h4,6,8,10H,3,5H2,1-2H3. The maximum absolute atomic E-state index is 11.1. The van der Waals surface area contributed by atoms with Crippen molar-refractivity contribution in [3.05, 3.63) is 11.6 Å². The Morgan fingerprint density at radius 2 is 2.54 bits per heavy atom. The summed E-state index contributed by atoms with van der Waals surface area (Å²) in [6.45, 7) is 1.71. The molecule has 1 aliphatic heterocycles. The van der Waals surface area contributed by atoms with E-state index in [0.29, 0.717) is 12.0 Å². The fourth-order valence-corrected chi connectivity index (χ4v) is 1.25. The molecule has 1 N–H and O–H groups in total. The SMILES string of the molecule is COC(C=C1CC(C)OC1=O)CO. The van der Waals surface area contributed by atoms with Gasteiger partial charge in [-0.2, -0.15) is 0 Å². The van der Waals surface area contributed by atoms with E-state index < -0.39 is 6.10 Å². The summed E-state index contributed by atoms with van der Waals surface area (Å²) in [5.74, 6) is -0.303. The molecule has 1 heterocycles. The second-order valence-electron chi connectivity index (χ2n) is 3.07. The van der Waals surface area contributed by atoms with Gasteiger partial charge < -0.3 is 14.6 Å². The number of esters is 1. The molecule has 0 aliphatic carbocycles. The van der Waals surface area contributed by atoms with Crippen LogP contribution < -0.4 is 0 Å². The maximum Gasteiger partial charge on any atom is 0.334 e. The minimum atomic E-state index is -0.409. The topological polar surface area (TPSA) is 55.8 Å². The average molecular weight is 186 g/mol. The van der Waals surface area contributed by atoms with Gasteiger partial charge in [0.15, 0.2) is 0 Å². The molecule has 0 amide bonds. The van der Waals surface area contributed by atoms with E-state index in [2.05, 4.69) is 0 Å². The molecule has 0 saturated carbocycles. The molecule has 13 heavy (non-hydrogen) atoms. The lowest BCUT2D eigenvalue weighted by atomic mass is 10.1. The van der Waals surface area contributed by atoms with Gasteiger partial charge in [-0.05, 0) is 13.0 Å². The first-order valence-corrected chi connectivity index (χ1v) is 4.22. The summed E-state index contributed by atoms with van der Waals surface area (Å²) in [5.41, 5.74) is 0.591. The van der Waals surface area contributed by atoms with Crippen LogP contribution in [0.4, 0.5) is 0 Å². The maximum atomic E-state index is 11.1. The molecule has 2 atom stereocenters. The number of methoxy groups -OCH3 is 1. The Labute approximate surface area is 77.1 Å². The summed E-state index contributed by atoms with van der Waals surface area (Å²) < 4.78 is 9.83. The van der Waals surface area contributed by atoms with Crippen molar-refractivity contribution in [2.24, 2.45) is 0 Å². The third kappa shape index (κ3) is 2.54. The van der Waals surface area contributed by atoms with Gasteiger partial charge in [0.05, 0.1) is 12.7 Å². The van der Waals surface area contributed by atoms with Crippen molar-refractivity contribution in [3.63, 3.8) is 0 Å². The van der Waals surface area contributed by atoms with E-state index in [1.807, 2.05) is 6.92 Å². The van der Waals surface area contributed by atoms with Crippen LogP contribution in [0.5, 0.6) is 0 Å². The molecule has 0 bridgehead atoms. The third-order valence-corrected chi connectivity index (χ3v) is 1.95. The van der Waals surface area contributed by atoms with Gasteiger partial charge in [-0.1, -0.05) is 0 Å². The van der Waals surface area contributed by atoms with Crippen molar-refractivity contribution in [3.8, 4) is 0 Å². The molecular weight excluding hydrogens is 172 g/mol. The molecule has 0 aromatic carbocycles. The monoisotopic (exact) mass is 186 g/mol. The predicted molar refractivity (Wildman–Crippen MR) is 46.1 cm³/mol. The zero-order chi connectivity index (χ0) is 9.84. The summed E-state index contributed by atoms with van der Waals surface area (Å²) in [6, 6.07) is 0. The zero-order valence-electron chi connectivity index (χ0n) is 7.82. The van der Waals surface area contributed by atoms with Gasteiger partial charge in [0, 0.05) is 19.1 Å². The second-order valence-corrected chi connectivity index (χ2v) is 3.07. The lowest BCUT2D eigenvalue weighted by Crippen LogP contribution is -2.13. The highest BCUT2D eigenvalue weighted by molar-refractivity contribution is 5.90. The van der Waals surface area contributed by atoms with Gasteiger partial charge in [0.2, 0.25) is 0 Å². The number of cyclic esters (lactones) is 1. The van der Waals surface area contributed by atoms with Crippen LogP contribution >= 0.6 is 0 Å². The number of hydrogen-bond acceptors (Lipinski definition) is 4. The number of carbonyl (C=O) groups excluding carboxylic acids is 1. The Morgan fingerprint density at radius 1 is 1.85 bits per heavy atom. The van der Waals surface area contributed by atoms with E-state index in [9.17, 15) is 4.79 Å². The summed E-state index contributed by atoms with van der Waals surface area (Å²) in [5, 5.41) is 8.82. The van der Waals surface area contributed by atoms with Gasteiger partial charge >= 0.3 is 5.97 Å². The van der Waals surface area contributed by atoms with Crippen molar-refractivity contribution in [1.29, 1.82) is 0 Å². The van der Waals surface area contributed by atoms with Crippen molar-refractivity contribution in [2.75, 3.05) is 13.7 Å². The first-order valence-electron chi connectivity index (χ1n) is 4.22. The number of aliphatic hydroxyl groups excluding tert-OH is 1. The molecule has 74 valence electrons. The van der Waals surface area contributed by atoms with E-state index in [0.717, 1.165) is 0 Å². The first kappa shape index (κ1) is 10.2. The van der Waals surface area contributed by atoms with Crippen LogP contribution in [0.3, 0.4) is 0 Å². The Hall–Kier alpha value is -0.870. The molecular formula is C9H14O4. The molecule has 1 aliphatic rings. The van der Waals surface area contributed by atoms with E-state index in [4.69, 9.17) is 14.6 Å². The molecule has 0 aromatic rings. The van der Waals surface area contributed by atoms with Gasteiger partial charge in [-0.25, -0.2) is 4.79 Å². The largest absolute Gasteiger partial charge is 0.459 e. The first-order chi connectivity index (χ1) is 6.17. The average Bonchev–Trinajstić information content (AvgIpc) is 2.41. The van der Waals surface area contributed by atoms with E-state index in [1.54, 1.807) is 6.08 Å². The van der Waals surface area contributed by atoms with Crippen LogP contribution in [-0.4, -0.2) is 37.0 Å². The fourth-order valence-electron chi connectivity index (χ4n) is 1.25. The number of hydrogen-bond donors (Lipinski definition) is 1. The summed E-state index contributed by atoms with van der Waals surface area (Å²) in [7, 11) is 1.49. The van der Waals surface area contributed by atoms with Crippen LogP contribution in [0.15, 0.2) is 11.6 Å². The Morgan fingerprint density at radius 3 is 2.92 bits per heavy atom. The van der Waals surface area contributed by atoms with Gasteiger partial charge in [0.25, 0.3) is 0 Å². The van der Waals surface area contributed by atoms with Crippen molar-refractivity contribution >= 4 is 5.97 Å². The number of aliphatic hydroxyl groups is 1. The summed E-state index contributed by atoms with van der Waals surface area (Å²) in [6.07, 6.45) is 1.74. The Bertz CT molecular complexity index is 218. The number of carbonyl (C=O) groups is 1. The van der Waals surface area contributed by atoms with Crippen LogP contribution in [0.1, 0.15) is 13.3 Å². The predicted octanol–water partition coefficient (Wildman–Crippen LogP) is 0.255. The molecule has 4 nitrogen and oxygen atoms in total. The minimum absolute atomic E-state index is 0.0602. The Balaban J connectivity index is 2.64. The van der Waals surface area contributed by atoms with Crippen LogP contribution in [-0.2, 0) is 14.3 Å². The molecule has 1 saturated heterocycles. The highest BCUT2D eigenvalue weighted by Gasteiger charge is 2.25. The molecule has 0 aromatic heterocycles. The minimum Gasteiger partial charge on any atom is -0.459 e. The highest BCUT2D eigenvalue weighted by Crippen LogP contribution is 2.20. The highest BCUT2D eigenvalue weighted by atomic mass is 16.5. The van der Waals surface area contributed by atoms with Crippen molar-refractivity contribution in [2.45, 2.75) is 25.6 Å². The van der Waals surface area contributed by atoms with Crippen LogP contribution in [0.25, 0.3) is 0 Å². The van der Waals surface area contributed by atoms with Gasteiger partial charge in [0.1, 0.15) is 6.10 Å². The van der Waals surface area contributed by atoms with Crippen molar-refractivity contribution in [1.82, 2.24) is 0 Å². The number of ether oxygens (including phenoxy) is 2. The number of rotatable bonds is 3. The second kappa shape index (κ2) is 4.39. The molecule has 0 radical (unpaired) electrons. The molecule has 4 heteroatoms. The molecule has 1 rings (SSSR count). The smallest absolute Gasteiger partial charge is 0.334 e. The summed E-state index contributed by atoms with van der Waals surface area (Å²) in [4.78, 5) is 11.1. The van der Waals surface area contributed by atoms with Crippen LogP contribution in [0, 0.1) is 0 Å². The van der Waals surface area contributed by atoms with Crippen molar-refractivity contribution < 1.29 is 19.4 Å². The zero-order valence-corrected chi connectivity index (χ0v) is 7.82. The van der Waals surface area contributed by atoms with Crippen LogP contribution in [0.2, 0.25) is 0 Å². The van der Waals surface area contributed by atoms with E-state index in [-0.39, 0.29) is 18.7 Å². The quantitative estimate of drug-likeness (QED) is 0.507. The molecule has 2 unspecified atom stereocenters. The van der Waals surface area contributed by atoms with E-state index in [1.165, 1.54) is 7.11 Å². The van der Waals surface area contributed by atoms with Gasteiger partial charge in [-0.3, -0.25) is 0 Å². The van der Waals surface area contributed by atoms with Gasteiger partial charge in [-0.15, -0.1) is 0 Å². The Kier molecular flexibility index (Phi) is 3.45. The lowest BCUT2D eigenvalue weighted by Gasteiger charge is -2.06.